The lowest BCUT2D eigenvalue weighted by Gasteiger charge is -2.10. The third kappa shape index (κ3) is 3.26. The fourth-order valence-electron chi connectivity index (χ4n) is 1.66. The highest BCUT2D eigenvalue weighted by Gasteiger charge is 2.01. The van der Waals surface area contributed by atoms with Crippen molar-refractivity contribution in [2.24, 2.45) is 0 Å². The van der Waals surface area contributed by atoms with Gasteiger partial charge in [0.25, 0.3) is 0 Å². The first-order valence-electron chi connectivity index (χ1n) is 5.75. The Balaban J connectivity index is 1.93. The van der Waals surface area contributed by atoms with Gasteiger partial charge in [0, 0.05) is 23.3 Å². The highest BCUT2D eigenvalue weighted by atomic mass is 79.9. The highest BCUT2D eigenvalue weighted by Crippen LogP contribution is 2.26. The maximum absolute atomic E-state index is 5.20. The molecule has 0 aliphatic carbocycles. The van der Waals surface area contributed by atoms with Gasteiger partial charge in [0.15, 0.2) is 0 Å². The zero-order valence-corrected chi connectivity index (χ0v) is 12.1. The first-order valence-corrected chi connectivity index (χ1v) is 6.55. The fraction of sp³-hybridized carbons (Fsp3) is 0.308. The second-order valence-electron chi connectivity index (χ2n) is 4.05. The maximum Gasteiger partial charge on any atom is 0.121 e. The molecular weight excluding hydrogens is 294 g/mol. The van der Waals surface area contributed by atoms with Crippen LogP contribution in [0.25, 0.3) is 0 Å². The molecule has 1 aromatic heterocycles. The van der Waals surface area contributed by atoms with Crippen LogP contribution in [0.1, 0.15) is 5.56 Å². The van der Waals surface area contributed by atoms with E-state index in [1.54, 1.807) is 7.11 Å². The summed E-state index contributed by atoms with van der Waals surface area (Å²) in [5.41, 5.74) is 2.20. The van der Waals surface area contributed by atoms with E-state index in [0.29, 0.717) is 0 Å². The number of rotatable bonds is 5. The van der Waals surface area contributed by atoms with E-state index < -0.39 is 0 Å². The van der Waals surface area contributed by atoms with Crippen molar-refractivity contribution >= 4 is 21.6 Å². The molecule has 1 aromatic carbocycles. The molecule has 1 N–H and O–H groups in total. The van der Waals surface area contributed by atoms with E-state index in [4.69, 9.17) is 4.74 Å². The molecule has 0 radical (unpaired) electrons. The lowest BCUT2D eigenvalue weighted by molar-refractivity contribution is 0.415. The molecule has 0 bridgehead atoms. The molecule has 0 fully saturated rings. The summed E-state index contributed by atoms with van der Waals surface area (Å²) in [7, 11) is 1.67. The number of aromatic nitrogens is 2. The Bertz CT molecular complexity index is 525. The second kappa shape index (κ2) is 5.91. The molecule has 0 aliphatic rings. The predicted molar refractivity (Wildman–Crippen MR) is 76.1 cm³/mol. The van der Waals surface area contributed by atoms with Crippen LogP contribution in [0.2, 0.25) is 0 Å². The smallest absolute Gasteiger partial charge is 0.121 e. The van der Waals surface area contributed by atoms with E-state index in [-0.39, 0.29) is 0 Å². The van der Waals surface area contributed by atoms with Crippen molar-refractivity contribution < 1.29 is 4.74 Å². The summed E-state index contributed by atoms with van der Waals surface area (Å²) in [5.74, 6) is 0.843. The summed E-state index contributed by atoms with van der Waals surface area (Å²) < 4.78 is 8.15. The van der Waals surface area contributed by atoms with Crippen LogP contribution in [-0.2, 0) is 6.54 Å². The molecule has 5 heteroatoms. The van der Waals surface area contributed by atoms with Crippen molar-refractivity contribution in [1.82, 2.24) is 9.78 Å². The largest absolute Gasteiger partial charge is 0.497 e. The molecule has 0 saturated carbocycles. The third-order valence-electron chi connectivity index (χ3n) is 2.59. The minimum atomic E-state index is 0.812. The molecule has 1 heterocycles. The van der Waals surface area contributed by atoms with Crippen LogP contribution in [0.5, 0.6) is 5.75 Å². The Morgan fingerprint density at radius 2 is 2.28 bits per heavy atom. The number of halogens is 1. The van der Waals surface area contributed by atoms with E-state index in [0.717, 1.165) is 29.0 Å². The maximum atomic E-state index is 5.20. The lowest BCUT2D eigenvalue weighted by atomic mass is 10.3. The third-order valence-corrected chi connectivity index (χ3v) is 3.28. The molecule has 0 amide bonds. The zero-order valence-electron chi connectivity index (χ0n) is 10.5. The van der Waals surface area contributed by atoms with Gasteiger partial charge in [-0.3, -0.25) is 4.68 Å². The normalized spacial score (nSPS) is 10.4. The Hall–Kier alpha value is -1.49. The average molecular weight is 310 g/mol. The van der Waals surface area contributed by atoms with E-state index >= 15 is 0 Å². The van der Waals surface area contributed by atoms with E-state index in [2.05, 4.69) is 26.3 Å². The first kappa shape index (κ1) is 13.0. The standard InChI is InChI=1S/C13H16BrN3O/c1-10-8-16-17(9-10)6-5-15-13-7-11(18-2)3-4-12(13)14/h3-4,7-9,15H,5-6H2,1-2H3. The number of nitrogens with zero attached hydrogens (tertiary/aromatic N) is 2. The van der Waals surface area contributed by atoms with Crippen LogP contribution in [0.15, 0.2) is 35.1 Å². The van der Waals surface area contributed by atoms with Crippen molar-refractivity contribution in [1.29, 1.82) is 0 Å². The highest BCUT2D eigenvalue weighted by molar-refractivity contribution is 9.10. The van der Waals surface area contributed by atoms with Gasteiger partial charge in [0.05, 0.1) is 25.5 Å². The molecule has 0 spiro atoms. The van der Waals surface area contributed by atoms with Crippen molar-refractivity contribution in [3.63, 3.8) is 0 Å². The monoisotopic (exact) mass is 309 g/mol. The number of nitrogens with one attached hydrogen (secondary N) is 1. The van der Waals surface area contributed by atoms with Gasteiger partial charge in [0.1, 0.15) is 5.75 Å². The van der Waals surface area contributed by atoms with Crippen LogP contribution >= 0.6 is 15.9 Å². The van der Waals surface area contributed by atoms with Gasteiger partial charge in [-0.05, 0) is 40.5 Å². The minimum absolute atomic E-state index is 0.812. The van der Waals surface area contributed by atoms with E-state index in [9.17, 15) is 0 Å². The van der Waals surface area contributed by atoms with Crippen LogP contribution in [-0.4, -0.2) is 23.4 Å². The number of hydrogen-bond donors (Lipinski definition) is 1. The van der Waals surface area contributed by atoms with Gasteiger partial charge in [-0.25, -0.2) is 0 Å². The molecule has 0 unspecified atom stereocenters. The van der Waals surface area contributed by atoms with Crippen LogP contribution < -0.4 is 10.1 Å². The molecule has 0 saturated heterocycles. The quantitative estimate of drug-likeness (QED) is 0.922. The summed E-state index contributed by atoms with van der Waals surface area (Å²) in [6, 6.07) is 5.86. The summed E-state index contributed by atoms with van der Waals surface area (Å²) in [4.78, 5) is 0. The minimum Gasteiger partial charge on any atom is -0.497 e. The lowest BCUT2D eigenvalue weighted by Crippen LogP contribution is -2.11. The SMILES string of the molecule is COc1ccc(Br)c(NCCn2cc(C)cn2)c1. The summed E-state index contributed by atoms with van der Waals surface area (Å²) in [5, 5.41) is 7.60. The topological polar surface area (TPSA) is 39.1 Å². The van der Waals surface area contributed by atoms with Gasteiger partial charge in [0.2, 0.25) is 0 Å². The van der Waals surface area contributed by atoms with Gasteiger partial charge in [-0.1, -0.05) is 0 Å². The average Bonchev–Trinajstić information content (AvgIpc) is 2.77. The second-order valence-corrected chi connectivity index (χ2v) is 4.91. The summed E-state index contributed by atoms with van der Waals surface area (Å²) in [6.07, 6.45) is 3.89. The van der Waals surface area contributed by atoms with Crippen molar-refractivity contribution in [3.8, 4) is 5.75 Å². The summed E-state index contributed by atoms with van der Waals surface area (Å²) in [6.45, 7) is 3.68. The number of methoxy groups -OCH3 is 1. The van der Waals surface area contributed by atoms with Crippen molar-refractivity contribution in [2.75, 3.05) is 19.0 Å². The molecule has 4 nitrogen and oxygen atoms in total. The Morgan fingerprint density at radius 3 is 2.94 bits per heavy atom. The zero-order chi connectivity index (χ0) is 13.0. The van der Waals surface area contributed by atoms with Gasteiger partial charge in [-0.2, -0.15) is 5.10 Å². The van der Waals surface area contributed by atoms with E-state index in [1.807, 2.05) is 42.2 Å². The number of benzene rings is 1. The van der Waals surface area contributed by atoms with Crippen LogP contribution in [0.4, 0.5) is 5.69 Å². The Labute approximate surface area is 115 Å². The van der Waals surface area contributed by atoms with Gasteiger partial charge < -0.3 is 10.1 Å². The Kier molecular flexibility index (Phi) is 4.25. The van der Waals surface area contributed by atoms with E-state index in [1.165, 1.54) is 5.56 Å². The molecule has 0 atom stereocenters. The van der Waals surface area contributed by atoms with Crippen LogP contribution in [0.3, 0.4) is 0 Å². The molecular formula is C13H16BrN3O. The molecule has 96 valence electrons. The summed E-state index contributed by atoms with van der Waals surface area (Å²) >= 11 is 3.51. The number of anilines is 1. The molecule has 2 aromatic rings. The number of hydrogen-bond acceptors (Lipinski definition) is 3. The Morgan fingerprint density at radius 1 is 1.44 bits per heavy atom. The number of aryl methyl sites for hydroxylation is 1. The molecule has 2 rings (SSSR count). The van der Waals surface area contributed by atoms with Crippen molar-refractivity contribution in [2.45, 2.75) is 13.5 Å². The van der Waals surface area contributed by atoms with Gasteiger partial charge >= 0.3 is 0 Å². The first-order chi connectivity index (χ1) is 8.69. The predicted octanol–water partition coefficient (Wildman–Crippen LogP) is 3.07. The fourth-order valence-corrected chi connectivity index (χ4v) is 2.05. The van der Waals surface area contributed by atoms with Crippen molar-refractivity contribution in [3.05, 3.63) is 40.6 Å². The number of ether oxygens (including phenoxy) is 1. The molecule has 18 heavy (non-hydrogen) atoms. The molecule has 0 aliphatic heterocycles. The van der Waals surface area contributed by atoms with Gasteiger partial charge in [-0.15, -0.1) is 0 Å². The van der Waals surface area contributed by atoms with Crippen LogP contribution in [0, 0.1) is 6.92 Å².